The molecule has 2 fully saturated rings. The average Bonchev–Trinajstić information content (AvgIpc) is 2.61. The molecule has 0 radical (unpaired) electrons. The summed E-state index contributed by atoms with van der Waals surface area (Å²) in [6.45, 7) is 4.71. The summed E-state index contributed by atoms with van der Waals surface area (Å²) >= 11 is 0. The van der Waals surface area contributed by atoms with Crippen LogP contribution in [0.5, 0.6) is 11.5 Å². The van der Waals surface area contributed by atoms with Gasteiger partial charge in [-0.05, 0) is 31.5 Å². The highest BCUT2D eigenvalue weighted by Crippen LogP contribution is 2.29. The standard InChI is InChI=1S/C18H27N3O3/c1-23-16-7-6-14(11-17(16)24-2)19-18(22)13-20-9-10-21-8-4-3-5-15(21)12-20/h6-7,11,15H,3-5,8-10,12-13H2,1-2H3,(H,19,22). The quantitative estimate of drug-likeness (QED) is 0.891. The highest BCUT2D eigenvalue weighted by atomic mass is 16.5. The lowest BCUT2D eigenvalue weighted by molar-refractivity contribution is -0.118. The fourth-order valence-corrected chi connectivity index (χ4v) is 3.68. The van der Waals surface area contributed by atoms with Crippen molar-refractivity contribution in [3.8, 4) is 11.5 Å². The number of hydrogen-bond acceptors (Lipinski definition) is 5. The van der Waals surface area contributed by atoms with Gasteiger partial charge in [-0.15, -0.1) is 0 Å². The Bertz CT molecular complexity index is 579. The summed E-state index contributed by atoms with van der Waals surface area (Å²) < 4.78 is 10.5. The molecule has 1 aromatic carbocycles. The van der Waals surface area contributed by atoms with Gasteiger partial charge in [0.1, 0.15) is 0 Å². The Hall–Kier alpha value is -1.79. The van der Waals surface area contributed by atoms with Crippen molar-refractivity contribution in [1.82, 2.24) is 9.80 Å². The highest BCUT2D eigenvalue weighted by molar-refractivity contribution is 5.92. The van der Waals surface area contributed by atoms with E-state index in [-0.39, 0.29) is 5.91 Å². The van der Waals surface area contributed by atoms with Gasteiger partial charge in [0.15, 0.2) is 11.5 Å². The molecular formula is C18H27N3O3. The van der Waals surface area contributed by atoms with Crippen molar-refractivity contribution in [1.29, 1.82) is 0 Å². The second-order valence-corrected chi connectivity index (χ2v) is 6.54. The Labute approximate surface area is 143 Å². The lowest BCUT2D eigenvalue weighted by Gasteiger charge is -2.43. The Morgan fingerprint density at radius 1 is 1.17 bits per heavy atom. The molecule has 0 spiro atoms. The Morgan fingerprint density at radius 3 is 2.79 bits per heavy atom. The van der Waals surface area contributed by atoms with E-state index < -0.39 is 0 Å². The van der Waals surface area contributed by atoms with Gasteiger partial charge in [-0.1, -0.05) is 6.42 Å². The van der Waals surface area contributed by atoms with E-state index in [1.54, 1.807) is 26.4 Å². The number of benzene rings is 1. The van der Waals surface area contributed by atoms with Crippen LogP contribution in [0, 0.1) is 0 Å². The number of rotatable bonds is 5. The Kier molecular flexibility index (Phi) is 5.58. The van der Waals surface area contributed by atoms with Crippen LogP contribution in [-0.2, 0) is 4.79 Å². The van der Waals surface area contributed by atoms with Crippen LogP contribution in [0.3, 0.4) is 0 Å². The Morgan fingerprint density at radius 2 is 2.00 bits per heavy atom. The van der Waals surface area contributed by atoms with Crippen molar-refractivity contribution in [3.63, 3.8) is 0 Å². The van der Waals surface area contributed by atoms with Gasteiger partial charge in [-0.2, -0.15) is 0 Å². The summed E-state index contributed by atoms with van der Waals surface area (Å²) in [5, 5.41) is 2.96. The van der Waals surface area contributed by atoms with Gasteiger partial charge >= 0.3 is 0 Å². The molecule has 1 atom stereocenters. The number of piperazine rings is 1. The molecule has 2 aliphatic rings. The number of amides is 1. The summed E-state index contributed by atoms with van der Waals surface area (Å²) in [6, 6.07) is 6.05. The first-order chi connectivity index (χ1) is 11.7. The fourth-order valence-electron chi connectivity index (χ4n) is 3.68. The number of carbonyl (C=O) groups excluding carboxylic acids is 1. The van der Waals surface area contributed by atoms with Gasteiger partial charge in [0, 0.05) is 37.4 Å². The van der Waals surface area contributed by atoms with E-state index >= 15 is 0 Å². The zero-order valence-electron chi connectivity index (χ0n) is 14.6. The molecule has 2 saturated heterocycles. The van der Waals surface area contributed by atoms with Crippen LogP contribution in [-0.4, -0.2) is 68.7 Å². The van der Waals surface area contributed by atoms with E-state index in [2.05, 4.69) is 15.1 Å². The van der Waals surface area contributed by atoms with E-state index in [0.717, 1.165) is 25.3 Å². The number of piperidine rings is 1. The van der Waals surface area contributed by atoms with Gasteiger partial charge < -0.3 is 14.8 Å². The minimum atomic E-state index is 0.0199. The largest absolute Gasteiger partial charge is 0.493 e. The molecule has 6 nitrogen and oxygen atoms in total. The first-order valence-corrected chi connectivity index (χ1v) is 8.68. The number of fused-ring (bicyclic) bond motifs is 1. The second kappa shape index (κ2) is 7.85. The van der Waals surface area contributed by atoms with E-state index in [4.69, 9.17) is 9.47 Å². The van der Waals surface area contributed by atoms with Crippen molar-refractivity contribution >= 4 is 11.6 Å². The molecule has 1 amide bonds. The monoisotopic (exact) mass is 333 g/mol. The average molecular weight is 333 g/mol. The predicted octanol–water partition coefficient (Wildman–Crippen LogP) is 1.81. The molecule has 3 rings (SSSR count). The van der Waals surface area contributed by atoms with Gasteiger partial charge in [0.05, 0.1) is 20.8 Å². The van der Waals surface area contributed by atoms with Crippen LogP contribution in [0.15, 0.2) is 18.2 Å². The van der Waals surface area contributed by atoms with Crippen molar-refractivity contribution < 1.29 is 14.3 Å². The summed E-state index contributed by atoms with van der Waals surface area (Å²) in [7, 11) is 3.19. The third kappa shape index (κ3) is 3.99. The van der Waals surface area contributed by atoms with Crippen LogP contribution in [0.1, 0.15) is 19.3 Å². The van der Waals surface area contributed by atoms with Gasteiger partial charge in [0.2, 0.25) is 5.91 Å². The summed E-state index contributed by atoms with van der Waals surface area (Å²) in [5.74, 6) is 1.29. The maximum Gasteiger partial charge on any atom is 0.238 e. The molecule has 1 aromatic rings. The maximum absolute atomic E-state index is 12.4. The normalized spacial score (nSPS) is 21.8. The van der Waals surface area contributed by atoms with Gasteiger partial charge in [0.25, 0.3) is 0 Å². The SMILES string of the molecule is COc1ccc(NC(=O)CN2CCN3CCCCC3C2)cc1OC. The number of anilines is 1. The number of carbonyl (C=O) groups is 1. The molecule has 0 saturated carbocycles. The molecule has 24 heavy (non-hydrogen) atoms. The number of ether oxygens (including phenoxy) is 2. The van der Waals surface area contributed by atoms with Crippen molar-refractivity contribution in [2.24, 2.45) is 0 Å². The highest BCUT2D eigenvalue weighted by Gasteiger charge is 2.29. The number of methoxy groups -OCH3 is 2. The van der Waals surface area contributed by atoms with Crippen LogP contribution < -0.4 is 14.8 Å². The van der Waals surface area contributed by atoms with Crippen LogP contribution >= 0.6 is 0 Å². The molecule has 0 aromatic heterocycles. The van der Waals surface area contributed by atoms with Crippen molar-refractivity contribution in [2.75, 3.05) is 52.3 Å². The molecule has 1 unspecified atom stereocenters. The molecule has 0 aliphatic carbocycles. The zero-order chi connectivity index (χ0) is 16.9. The molecule has 1 N–H and O–H groups in total. The van der Waals surface area contributed by atoms with Gasteiger partial charge in [-0.3, -0.25) is 14.6 Å². The Balaban J connectivity index is 1.54. The van der Waals surface area contributed by atoms with E-state index in [1.807, 2.05) is 6.07 Å². The summed E-state index contributed by atoms with van der Waals surface area (Å²) in [6.07, 6.45) is 3.89. The molecular weight excluding hydrogens is 306 g/mol. The van der Waals surface area contributed by atoms with Crippen LogP contribution in [0.2, 0.25) is 0 Å². The molecule has 6 heteroatoms. The third-order valence-electron chi connectivity index (χ3n) is 4.96. The molecule has 0 bridgehead atoms. The predicted molar refractivity (Wildman–Crippen MR) is 93.8 cm³/mol. The van der Waals surface area contributed by atoms with E-state index in [1.165, 1.54) is 25.8 Å². The lowest BCUT2D eigenvalue weighted by atomic mass is 9.99. The first-order valence-electron chi connectivity index (χ1n) is 8.68. The number of nitrogens with zero attached hydrogens (tertiary/aromatic N) is 2. The van der Waals surface area contributed by atoms with Gasteiger partial charge in [-0.25, -0.2) is 0 Å². The molecule has 2 heterocycles. The number of hydrogen-bond donors (Lipinski definition) is 1. The topological polar surface area (TPSA) is 54.0 Å². The summed E-state index contributed by atoms with van der Waals surface area (Å²) in [5.41, 5.74) is 0.731. The smallest absolute Gasteiger partial charge is 0.238 e. The minimum Gasteiger partial charge on any atom is -0.493 e. The lowest BCUT2D eigenvalue weighted by Crippen LogP contribution is -2.55. The van der Waals surface area contributed by atoms with E-state index in [0.29, 0.717) is 24.1 Å². The number of nitrogens with one attached hydrogen (secondary N) is 1. The molecule has 2 aliphatic heterocycles. The van der Waals surface area contributed by atoms with Crippen LogP contribution in [0.4, 0.5) is 5.69 Å². The second-order valence-electron chi connectivity index (χ2n) is 6.54. The van der Waals surface area contributed by atoms with E-state index in [9.17, 15) is 4.79 Å². The molecule has 132 valence electrons. The summed E-state index contributed by atoms with van der Waals surface area (Å²) in [4.78, 5) is 17.2. The first kappa shape index (κ1) is 17.0. The fraction of sp³-hybridized carbons (Fsp3) is 0.611. The van der Waals surface area contributed by atoms with Crippen molar-refractivity contribution in [2.45, 2.75) is 25.3 Å². The van der Waals surface area contributed by atoms with Crippen LogP contribution in [0.25, 0.3) is 0 Å². The van der Waals surface area contributed by atoms with Crippen molar-refractivity contribution in [3.05, 3.63) is 18.2 Å². The zero-order valence-corrected chi connectivity index (χ0v) is 14.6. The minimum absolute atomic E-state index is 0.0199. The maximum atomic E-state index is 12.4. The third-order valence-corrected chi connectivity index (χ3v) is 4.96.